The van der Waals surface area contributed by atoms with Gasteiger partial charge in [0.1, 0.15) is 0 Å². The first-order chi connectivity index (χ1) is 5.97. The molecule has 76 valence electrons. The molecule has 2 rings (SSSR count). The molecule has 1 aliphatic heterocycles. The Morgan fingerprint density at radius 3 is 2.15 bits per heavy atom. The summed E-state index contributed by atoms with van der Waals surface area (Å²) in [4.78, 5) is 2.60. The Labute approximate surface area is 81.5 Å². The lowest BCUT2D eigenvalue weighted by Gasteiger charge is -2.61. The molecule has 1 saturated carbocycles. The fourth-order valence-corrected chi connectivity index (χ4v) is 3.11. The molecule has 0 aromatic rings. The van der Waals surface area contributed by atoms with Crippen molar-refractivity contribution >= 4 is 0 Å². The van der Waals surface area contributed by atoms with E-state index in [-0.39, 0.29) is 0 Å². The molecule has 1 saturated heterocycles. The number of nitrogens with zero attached hydrogens (tertiary/aromatic N) is 1. The van der Waals surface area contributed by atoms with E-state index in [4.69, 9.17) is 5.73 Å². The third-order valence-electron chi connectivity index (χ3n) is 3.75. The van der Waals surface area contributed by atoms with Crippen LogP contribution in [0.4, 0.5) is 0 Å². The first kappa shape index (κ1) is 9.47. The third kappa shape index (κ3) is 1.40. The van der Waals surface area contributed by atoms with Crippen LogP contribution < -0.4 is 5.73 Å². The zero-order valence-corrected chi connectivity index (χ0v) is 9.14. The van der Waals surface area contributed by atoms with Crippen molar-refractivity contribution in [1.29, 1.82) is 0 Å². The summed E-state index contributed by atoms with van der Waals surface area (Å²) in [6.45, 7) is 10.4. The lowest BCUT2D eigenvalue weighted by Crippen LogP contribution is -2.70. The molecule has 13 heavy (non-hydrogen) atoms. The molecule has 0 bridgehead atoms. The Balaban J connectivity index is 1.94. The number of nitrogens with two attached hydrogens (primary N) is 1. The van der Waals surface area contributed by atoms with Gasteiger partial charge in [-0.1, -0.05) is 20.8 Å². The molecule has 2 nitrogen and oxygen atoms in total. The number of hydrogen-bond donors (Lipinski definition) is 1. The molecule has 2 fully saturated rings. The van der Waals surface area contributed by atoms with Gasteiger partial charge in [-0.15, -0.1) is 0 Å². The molecule has 0 aromatic heterocycles. The van der Waals surface area contributed by atoms with Crippen molar-refractivity contribution in [1.82, 2.24) is 4.90 Å². The minimum atomic E-state index is 0.398. The van der Waals surface area contributed by atoms with Crippen LogP contribution >= 0.6 is 0 Å². The molecular formula is C11H22N2. The molecule has 0 radical (unpaired) electrons. The van der Waals surface area contributed by atoms with Crippen LogP contribution in [0.1, 0.15) is 33.6 Å². The van der Waals surface area contributed by atoms with Crippen LogP contribution in [-0.2, 0) is 0 Å². The van der Waals surface area contributed by atoms with Crippen molar-refractivity contribution in [3.63, 3.8) is 0 Å². The Kier molecular flexibility index (Phi) is 1.97. The minimum absolute atomic E-state index is 0.398. The van der Waals surface area contributed by atoms with Crippen LogP contribution in [0, 0.1) is 11.3 Å². The molecule has 1 aliphatic carbocycles. The van der Waals surface area contributed by atoms with Crippen LogP contribution in [0.2, 0.25) is 0 Å². The van der Waals surface area contributed by atoms with Crippen LogP contribution in [0.25, 0.3) is 0 Å². The first-order valence-electron chi connectivity index (χ1n) is 5.43. The van der Waals surface area contributed by atoms with Gasteiger partial charge in [-0.25, -0.2) is 0 Å². The zero-order valence-electron chi connectivity index (χ0n) is 9.14. The molecule has 1 heterocycles. The van der Waals surface area contributed by atoms with E-state index < -0.39 is 0 Å². The highest BCUT2D eigenvalue weighted by atomic mass is 15.3. The van der Waals surface area contributed by atoms with E-state index in [1.807, 2.05) is 0 Å². The Bertz CT molecular complexity index is 196. The zero-order chi connectivity index (χ0) is 9.69. The van der Waals surface area contributed by atoms with Crippen molar-refractivity contribution < 1.29 is 0 Å². The highest BCUT2D eigenvalue weighted by molar-refractivity contribution is 5.07. The predicted octanol–water partition coefficient (Wildman–Crippen LogP) is 1.46. The monoisotopic (exact) mass is 182 g/mol. The van der Waals surface area contributed by atoms with Crippen molar-refractivity contribution in [2.45, 2.75) is 39.2 Å². The van der Waals surface area contributed by atoms with Gasteiger partial charge in [0.05, 0.1) is 0 Å². The Morgan fingerprint density at radius 1 is 1.31 bits per heavy atom. The molecule has 0 unspecified atom stereocenters. The lowest BCUT2D eigenvalue weighted by molar-refractivity contribution is -0.110. The molecule has 2 heteroatoms. The van der Waals surface area contributed by atoms with Gasteiger partial charge in [-0.2, -0.15) is 0 Å². The molecule has 2 N–H and O–H groups in total. The quantitative estimate of drug-likeness (QED) is 0.700. The second-order valence-electron chi connectivity index (χ2n) is 5.96. The highest BCUT2D eigenvalue weighted by Gasteiger charge is 2.51. The van der Waals surface area contributed by atoms with E-state index in [1.165, 1.54) is 25.9 Å². The maximum absolute atomic E-state index is 5.89. The van der Waals surface area contributed by atoms with Crippen LogP contribution in [0.3, 0.4) is 0 Å². The topological polar surface area (TPSA) is 29.3 Å². The molecule has 0 spiro atoms. The summed E-state index contributed by atoms with van der Waals surface area (Å²) in [5.74, 6) is 0.896. The van der Waals surface area contributed by atoms with Gasteiger partial charge in [-0.3, -0.25) is 4.90 Å². The summed E-state index contributed by atoms with van der Waals surface area (Å²) in [6.07, 6.45) is 2.64. The second-order valence-corrected chi connectivity index (χ2v) is 5.96. The lowest BCUT2D eigenvalue weighted by atomic mass is 9.65. The number of rotatable bonds is 2. The smallest absolute Gasteiger partial charge is 0.0337 e. The number of likely N-dealkylation sites (tertiary alicyclic amines) is 1. The standard InChI is InChI=1S/C11H22N2/c1-9-4-11(5-9,6-12)13-7-10(2,3)8-13/h9H,4-8,12H2,1-3H3. The van der Waals surface area contributed by atoms with E-state index >= 15 is 0 Å². The van der Waals surface area contributed by atoms with Crippen LogP contribution in [0.5, 0.6) is 0 Å². The Hall–Kier alpha value is -0.0800. The summed E-state index contributed by atoms with van der Waals surface area (Å²) in [7, 11) is 0. The molecule has 2 aliphatic rings. The van der Waals surface area contributed by atoms with Crippen molar-refractivity contribution in [2.24, 2.45) is 17.1 Å². The summed E-state index contributed by atoms with van der Waals surface area (Å²) >= 11 is 0. The summed E-state index contributed by atoms with van der Waals surface area (Å²) in [6, 6.07) is 0. The SMILES string of the molecule is CC1CC(CN)(N2CC(C)(C)C2)C1. The van der Waals surface area contributed by atoms with E-state index in [1.54, 1.807) is 0 Å². The molecule has 0 atom stereocenters. The van der Waals surface area contributed by atoms with Crippen molar-refractivity contribution in [2.75, 3.05) is 19.6 Å². The normalized spacial score (nSPS) is 43.8. The fraction of sp³-hybridized carbons (Fsp3) is 1.00. The second kappa shape index (κ2) is 2.71. The van der Waals surface area contributed by atoms with Crippen LogP contribution in [-0.4, -0.2) is 30.1 Å². The average molecular weight is 182 g/mol. The fourth-order valence-electron chi connectivity index (χ4n) is 3.11. The van der Waals surface area contributed by atoms with Gasteiger partial charge in [-0.05, 0) is 24.2 Å². The summed E-state index contributed by atoms with van der Waals surface area (Å²) in [5.41, 5.74) is 6.83. The predicted molar refractivity (Wildman–Crippen MR) is 55.5 cm³/mol. The van der Waals surface area contributed by atoms with Crippen LogP contribution in [0.15, 0.2) is 0 Å². The Morgan fingerprint density at radius 2 is 1.85 bits per heavy atom. The minimum Gasteiger partial charge on any atom is -0.329 e. The van der Waals surface area contributed by atoms with Gasteiger partial charge < -0.3 is 5.73 Å². The largest absolute Gasteiger partial charge is 0.329 e. The maximum Gasteiger partial charge on any atom is 0.0337 e. The highest BCUT2D eigenvalue weighted by Crippen LogP contribution is 2.47. The van der Waals surface area contributed by atoms with Gasteiger partial charge in [0.25, 0.3) is 0 Å². The van der Waals surface area contributed by atoms with E-state index in [0.29, 0.717) is 11.0 Å². The van der Waals surface area contributed by atoms with Gasteiger partial charge in [0.15, 0.2) is 0 Å². The number of hydrogen-bond acceptors (Lipinski definition) is 2. The maximum atomic E-state index is 5.89. The van der Waals surface area contributed by atoms with E-state index in [9.17, 15) is 0 Å². The van der Waals surface area contributed by atoms with E-state index in [0.717, 1.165) is 12.5 Å². The van der Waals surface area contributed by atoms with Crippen molar-refractivity contribution in [3.8, 4) is 0 Å². The summed E-state index contributed by atoms with van der Waals surface area (Å²) < 4.78 is 0. The first-order valence-corrected chi connectivity index (χ1v) is 5.43. The third-order valence-corrected chi connectivity index (χ3v) is 3.75. The molecular weight excluding hydrogens is 160 g/mol. The van der Waals surface area contributed by atoms with Gasteiger partial charge in [0.2, 0.25) is 0 Å². The summed E-state index contributed by atoms with van der Waals surface area (Å²) in [5, 5.41) is 0. The van der Waals surface area contributed by atoms with Gasteiger partial charge >= 0.3 is 0 Å². The molecule has 0 aromatic carbocycles. The van der Waals surface area contributed by atoms with Gasteiger partial charge in [0, 0.05) is 25.2 Å². The van der Waals surface area contributed by atoms with Crippen molar-refractivity contribution in [3.05, 3.63) is 0 Å². The molecule has 0 amide bonds. The van der Waals surface area contributed by atoms with E-state index in [2.05, 4.69) is 25.7 Å². The average Bonchev–Trinajstić information content (AvgIpc) is 1.93.